The molecule has 0 bridgehead atoms. The van der Waals surface area contributed by atoms with Crippen LogP contribution in [0, 0.1) is 0 Å². The molecule has 1 saturated heterocycles. The lowest BCUT2D eigenvalue weighted by Gasteiger charge is -2.44. The summed E-state index contributed by atoms with van der Waals surface area (Å²) in [7, 11) is 0. The average molecular weight is 249 g/mol. The van der Waals surface area contributed by atoms with Gasteiger partial charge in [-0.2, -0.15) is 0 Å². The molecule has 0 radical (unpaired) electrons. The number of hydrogen-bond donors (Lipinski definition) is 2. The van der Waals surface area contributed by atoms with Gasteiger partial charge in [-0.1, -0.05) is 0 Å². The van der Waals surface area contributed by atoms with E-state index >= 15 is 0 Å². The molecule has 1 atom stereocenters. The van der Waals surface area contributed by atoms with Crippen LogP contribution in [0.3, 0.4) is 0 Å². The highest BCUT2D eigenvalue weighted by Gasteiger charge is 2.31. The fraction of sp³-hybridized carbons (Fsp3) is 0.643. The number of aromatic nitrogens is 1. The van der Waals surface area contributed by atoms with Gasteiger partial charge in [0.25, 0.3) is 0 Å². The van der Waals surface area contributed by atoms with E-state index in [1.165, 1.54) is 5.56 Å². The Balaban J connectivity index is 1.99. The molecule has 4 heteroatoms. The smallest absolute Gasteiger partial charge is 0.0446 e. The van der Waals surface area contributed by atoms with Crippen molar-refractivity contribution in [1.29, 1.82) is 0 Å². The van der Waals surface area contributed by atoms with E-state index in [0.29, 0.717) is 6.04 Å². The molecule has 100 valence electrons. The zero-order valence-electron chi connectivity index (χ0n) is 11.3. The molecule has 1 fully saturated rings. The first-order valence-electron chi connectivity index (χ1n) is 6.59. The first-order valence-corrected chi connectivity index (χ1v) is 6.59. The van der Waals surface area contributed by atoms with Gasteiger partial charge in [-0.25, -0.2) is 0 Å². The maximum absolute atomic E-state index is 9.10. The maximum Gasteiger partial charge on any atom is 0.0446 e. The molecule has 18 heavy (non-hydrogen) atoms. The summed E-state index contributed by atoms with van der Waals surface area (Å²) < 4.78 is 0. The molecular formula is C14H23N3O. The van der Waals surface area contributed by atoms with Crippen molar-refractivity contribution in [3.05, 3.63) is 30.1 Å². The van der Waals surface area contributed by atoms with Crippen molar-refractivity contribution in [3.63, 3.8) is 0 Å². The van der Waals surface area contributed by atoms with Crippen LogP contribution in [0.4, 0.5) is 0 Å². The molecular weight excluding hydrogens is 226 g/mol. The van der Waals surface area contributed by atoms with E-state index in [2.05, 4.69) is 41.2 Å². The minimum absolute atomic E-state index is 0.102. The van der Waals surface area contributed by atoms with Gasteiger partial charge >= 0.3 is 0 Å². The first kappa shape index (κ1) is 13.5. The van der Waals surface area contributed by atoms with E-state index in [1.54, 1.807) is 0 Å². The van der Waals surface area contributed by atoms with Crippen molar-refractivity contribution in [1.82, 2.24) is 15.2 Å². The number of aliphatic hydroxyl groups excluding tert-OH is 1. The van der Waals surface area contributed by atoms with Crippen LogP contribution in [-0.4, -0.2) is 46.3 Å². The van der Waals surface area contributed by atoms with E-state index < -0.39 is 0 Å². The van der Waals surface area contributed by atoms with Crippen LogP contribution in [0.5, 0.6) is 0 Å². The third kappa shape index (κ3) is 3.77. The Morgan fingerprint density at radius 2 is 2.17 bits per heavy atom. The largest absolute Gasteiger partial charge is 0.396 e. The van der Waals surface area contributed by atoms with Crippen molar-refractivity contribution >= 4 is 0 Å². The second-order valence-corrected chi connectivity index (χ2v) is 5.76. The highest BCUT2D eigenvalue weighted by molar-refractivity contribution is 5.10. The molecule has 0 amide bonds. The zero-order valence-corrected chi connectivity index (χ0v) is 11.3. The summed E-state index contributed by atoms with van der Waals surface area (Å²) in [4.78, 5) is 6.50. The van der Waals surface area contributed by atoms with Gasteiger partial charge in [0.15, 0.2) is 0 Å². The minimum Gasteiger partial charge on any atom is -0.396 e. The van der Waals surface area contributed by atoms with Crippen LogP contribution in [0.15, 0.2) is 24.5 Å². The molecule has 1 aliphatic heterocycles. The Morgan fingerprint density at radius 1 is 1.44 bits per heavy atom. The lowest BCUT2D eigenvalue weighted by atomic mass is 9.97. The van der Waals surface area contributed by atoms with Crippen LogP contribution in [0.25, 0.3) is 0 Å². The van der Waals surface area contributed by atoms with Crippen molar-refractivity contribution < 1.29 is 5.11 Å². The molecule has 0 aromatic carbocycles. The number of aliphatic hydroxyl groups is 1. The number of piperazine rings is 1. The Labute approximate surface area is 109 Å². The molecule has 1 aromatic rings. The van der Waals surface area contributed by atoms with Crippen molar-refractivity contribution in [2.24, 2.45) is 0 Å². The summed E-state index contributed by atoms with van der Waals surface area (Å²) in [6.45, 7) is 7.65. The molecule has 2 rings (SSSR count). The number of rotatable bonds is 4. The lowest BCUT2D eigenvalue weighted by Crippen LogP contribution is -2.61. The fourth-order valence-electron chi connectivity index (χ4n) is 2.77. The van der Waals surface area contributed by atoms with E-state index in [9.17, 15) is 0 Å². The zero-order chi connectivity index (χ0) is 13.0. The van der Waals surface area contributed by atoms with Gasteiger partial charge in [-0.15, -0.1) is 0 Å². The monoisotopic (exact) mass is 249 g/mol. The summed E-state index contributed by atoms with van der Waals surface area (Å²) in [5.74, 6) is 0. The second kappa shape index (κ2) is 5.78. The van der Waals surface area contributed by atoms with Crippen molar-refractivity contribution in [3.8, 4) is 0 Å². The van der Waals surface area contributed by atoms with Crippen molar-refractivity contribution in [2.75, 3.05) is 19.7 Å². The van der Waals surface area contributed by atoms with Gasteiger partial charge < -0.3 is 10.4 Å². The lowest BCUT2D eigenvalue weighted by molar-refractivity contribution is 0.0982. The van der Waals surface area contributed by atoms with Crippen LogP contribution < -0.4 is 5.32 Å². The minimum atomic E-state index is 0.102. The van der Waals surface area contributed by atoms with Crippen LogP contribution in [0.1, 0.15) is 25.8 Å². The predicted octanol–water partition coefficient (Wildman–Crippen LogP) is 1.02. The molecule has 0 saturated carbocycles. The summed E-state index contributed by atoms with van der Waals surface area (Å²) >= 11 is 0. The molecule has 2 N–H and O–H groups in total. The number of nitrogens with one attached hydrogen (secondary N) is 1. The molecule has 1 unspecified atom stereocenters. The summed E-state index contributed by atoms with van der Waals surface area (Å²) in [6, 6.07) is 4.51. The Kier molecular flexibility index (Phi) is 4.32. The summed E-state index contributed by atoms with van der Waals surface area (Å²) in [5.41, 5.74) is 1.40. The van der Waals surface area contributed by atoms with Crippen LogP contribution >= 0.6 is 0 Å². The number of nitrogens with zero attached hydrogens (tertiary/aromatic N) is 2. The van der Waals surface area contributed by atoms with Gasteiger partial charge in [-0.05, 0) is 38.0 Å². The van der Waals surface area contributed by atoms with Crippen LogP contribution in [-0.2, 0) is 6.54 Å². The maximum atomic E-state index is 9.10. The molecule has 4 nitrogen and oxygen atoms in total. The van der Waals surface area contributed by atoms with E-state index in [-0.39, 0.29) is 12.1 Å². The highest BCUT2D eigenvalue weighted by atomic mass is 16.3. The quantitative estimate of drug-likeness (QED) is 0.836. The SMILES string of the molecule is CC1(C)CN(Cc2ccncc2)CC(CCO)N1. The fourth-order valence-corrected chi connectivity index (χ4v) is 2.77. The predicted molar refractivity (Wildman–Crippen MR) is 72.2 cm³/mol. The normalized spacial score (nSPS) is 24.1. The second-order valence-electron chi connectivity index (χ2n) is 5.76. The van der Waals surface area contributed by atoms with E-state index in [1.807, 2.05) is 12.4 Å². The molecule has 0 spiro atoms. The van der Waals surface area contributed by atoms with E-state index in [0.717, 1.165) is 26.1 Å². The molecule has 0 aliphatic carbocycles. The molecule has 1 aliphatic rings. The number of pyridine rings is 1. The van der Waals surface area contributed by atoms with E-state index in [4.69, 9.17) is 5.11 Å². The van der Waals surface area contributed by atoms with Gasteiger partial charge in [0.2, 0.25) is 0 Å². The topological polar surface area (TPSA) is 48.4 Å². The van der Waals surface area contributed by atoms with Crippen LogP contribution in [0.2, 0.25) is 0 Å². The first-order chi connectivity index (χ1) is 8.59. The standard InChI is InChI=1S/C14H23N3O/c1-14(2)11-17(10-13(16-14)5-8-18)9-12-3-6-15-7-4-12/h3-4,6-7,13,16,18H,5,8-11H2,1-2H3. The van der Waals surface area contributed by atoms with Gasteiger partial charge in [-0.3, -0.25) is 9.88 Å². The van der Waals surface area contributed by atoms with Gasteiger partial charge in [0.05, 0.1) is 0 Å². The molecule has 1 aromatic heterocycles. The number of hydrogen-bond acceptors (Lipinski definition) is 4. The van der Waals surface area contributed by atoms with Gasteiger partial charge in [0.1, 0.15) is 0 Å². The van der Waals surface area contributed by atoms with Crippen molar-refractivity contribution in [2.45, 2.75) is 38.4 Å². The Bertz CT molecular complexity index is 367. The average Bonchev–Trinajstić information content (AvgIpc) is 2.28. The third-order valence-corrected chi connectivity index (χ3v) is 3.33. The highest BCUT2D eigenvalue weighted by Crippen LogP contribution is 2.17. The summed E-state index contributed by atoms with van der Waals surface area (Å²) in [6.07, 6.45) is 4.50. The molecule has 2 heterocycles. The third-order valence-electron chi connectivity index (χ3n) is 3.33. The van der Waals surface area contributed by atoms with Gasteiger partial charge in [0, 0.05) is 50.2 Å². The summed E-state index contributed by atoms with van der Waals surface area (Å²) in [5, 5.41) is 12.7. The Morgan fingerprint density at radius 3 is 2.83 bits per heavy atom. The Hall–Kier alpha value is -0.970.